The van der Waals surface area contributed by atoms with Crippen molar-refractivity contribution in [1.82, 2.24) is 5.32 Å². The zero-order valence-electron chi connectivity index (χ0n) is 11.4. The number of nitrogens with one attached hydrogen (secondary N) is 1. The first-order valence-corrected chi connectivity index (χ1v) is 7.13. The minimum Gasteiger partial charge on any atom is -0.304 e. The van der Waals surface area contributed by atoms with E-state index < -0.39 is 11.6 Å². The van der Waals surface area contributed by atoms with Gasteiger partial charge in [-0.3, -0.25) is 0 Å². The number of halogens is 3. The highest BCUT2D eigenvalue weighted by atomic mass is 79.9. The van der Waals surface area contributed by atoms with Crippen LogP contribution in [0.3, 0.4) is 0 Å². The molecule has 0 radical (unpaired) electrons. The lowest BCUT2D eigenvalue weighted by molar-refractivity contribution is 0.390. The summed E-state index contributed by atoms with van der Waals surface area (Å²) < 4.78 is 28.2. The fourth-order valence-electron chi connectivity index (χ4n) is 1.98. The Labute approximate surface area is 126 Å². The lowest BCUT2D eigenvalue weighted by atomic mass is 9.94. The molecule has 106 valence electrons. The SMILES string of the molecule is CC(C)(NCc1c(F)cccc1F)c1ccc(Br)cc1. The van der Waals surface area contributed by atoms with Gasteiger partial charge in [-0.05, 0) is 43.7 Å². The Bertz CT molecular complexity index is 574. The Morgan fingerprint density at radius 3 is 2.10 bits per heavy atom. The van der Waals surface area contributed by atoms with E-state index in [1.807, 2.05) is 38.1 Å². The molecule has 2 rings (SSSR count). The molecule has 0 bridgehead atoms. The molecular formula is C16H16BrF2N. The topological polar surface area (TPSA) is 12.0 Å². The van der Waals surface area contributed by atoms with Crippen molar-refractivity contribution in [2.24, 2.45) is 0 Å². The lowest BCUT2D eigenvalue weighted by Gasteiger charge is -2.27. The summed E-state index contributed by atoms with van der Waals surface area (Å²) in [7, 11) is 0. The second-order valence-electron chi connectivity index (χ2n) is 5.19. The molecule has 0 heterocycles. The largest absolute Gasteiger partial charge is 0.304 e. The van der Waals surface area contributed by atoms with Crippen LogP contribution in [-0.4, -0.2) is 0 Å². The first kappa shape index (κ1) is 15.1. The molecule has 1 N–H and O–H groups in total. The highest BCUT2D eigenvalue weighted by Gasteiger charge is 2.21. The summed E-state index contributed by atoms with van der Waals surface area (Å²) in [6.07, 6.45) is 0. The molecule has 0 aliphatic heterocycles. The Morgan fingerprint density at radius 1 is 1.00 bits per heavy atom. The summed E-state index contributed by atoms with van der Waals surface area (Å²) in [4.78, 5) is 0. The van der Waals surface area contributed by atoms with Gasteiger partial charge in [-0.25, -0.2) is 8.78 Å². The molecule has 4 heteroatoms. The molecule has 2 aromatic carbocycles. The predicted octanol–water partition coefficient (Wildman–Crippen LogP) is 4.75. The fourth-order valence-corrected chi connectivity index (χ4v) is 2.24. The van der Waals surface area contributed by atoms with Gasteiger partial charge in [0, 0.05) is 22.1 Å². The molecule has 0 atom stereocenters. The average molecular weight is 340 g/mol. The summed E-state index contributed by atoms with van der Waals surface area (Å²) in [5.74, 6) is -1.05. The first-order chi connectivity index (χ1) is 9.40. The number of rotatable bonds is 4. The number of hydrogen-bond acceptors (Lipinski definition) is 1. The van der Waals surface area contributed by atoms with Crippen LogP contribution >= 0.6 is 15.9 Å². The fraction of sp³-hybridized carbons (Fsp3) is 0.250. The Morgan fingerprint density at radius 2 is 1.55 bits per heavy atom. The average Bonchev–Trinajstić information content (AvgIpc) is 2.38. The molecule has 1 nitrogen and oxygen atoms in total. The van der Waals surface area contributed by atoms with E-state index in [1.165, 1.54) is 18.2 Å². The van der Waals surface area contributed by atoms with Crippen LogP contribution < -0.4 is 5.32 Å². The van der Waals surface area contributed by atoms with E-state index in [9.17, 15) is 8.78 Å². The number of hydrogen-bond donors (Lipinski definition) is 1. The highest BCUT2D eigenvalue weighted by Crippen LogP contribution is 2.23. The van der Waals surface area contributed by atoms with E-state index in [4.69, 9.17) is 0 Å². The first-order valence-electron chi connectivity index (χ1n) is 6.34. The van der Waals surface area contributed by atoms with Crippen LogP contribution in [0, 0.1) is 11.6 Å². The van der Waals surface area contributed by atoms with E-state index in [0.29, 0.717) is 0 Å². The van der Waals surface area contributed by atoms with E-state index in [2.05, 4.69) is 21.2 Å². The molecule has 0 saturated heterocycles. The zero-order chi connectivity index (χ0) is 14.8. The Hall–Kier alpha value is -1.26. The van der Waals surface area contributed by atoms with E-state index in [0.717, 1.165) is 10.0 Å². The van der Waals surface area contributed by atoms with Gasteiger partial charge in [-0.15, -0.1) is 0 Å². The minimum atomic E-state index is -0.524. The van der Waals surface area contributed by atoms with Gasteiger partial charge in [-0.1, -0.05) is 34.1 Å². The second-order valence-corrected chi connectivity index (χ2v) is 6.10. The van der Waals surface area contributed by atoms with Crippen molar-refractivity contribution in [1.29, 1.82) is 0 Å². The molecule has 0 saturated carbocycles. The van der Waals surface area contributed by atoms with Gasteiger partial charge in [0.25, 0.3) is 0 Å². The van der Waals surface area contributed by atoms with Crippen LogP contribution in [0.2, 0.25) is 0 Å². The van der Waals surface area contributed by atoms with E-state index in [1.54, 1.807) is 0 Å². The van der Waals surface area contributed by atoms with Crippen molar-refractivity contribution >= 4 is 15.9 Å². The molecule has 0 amide bonds. The van der Waals surface area contributed by atoms with Gasteiger partial charge < -0.3 is 5.32 Å². The van der Waals surface area contributed by atoms with E-state index >= 15 is 0 Å². The molecule has 0 unspecified atom stereocenters. The van der Waals surface area contributed by atoms with Crippen molar-refractivity contribution in [3.8, 4) is 0 Å². The summed E-state index contributed by atoms with van der Waals surface area (Å²) in [5, 5.41) is 3.20. The van der Waals surface area contributed by atoms with Crippen molar-refractivity contribution in [2.75, 3.05) is 0 Å². The predicted molar refractivity (Wildman–Crippen MR) is 80.4 cm³/mol. The molecular weight excluding hydrogens is 324 g/mol. The van der Waals surface area contributed by atoms with Crippen LogP contribution in [0.25, 0.3) is 0 Å². The van der Waals surface area contributed by atoms with Gasteiger partial charge in [0.2, 0.25) is 0 Å². The quantitative estimate of drug-likeness (QED) is 0.847. The van der Waals surface area contributed by atoms with Gasteiger partial charge >= 0.3 is 0 Å². The summed E-state index contributed by atoms with van der Waals surface area (Å²) in [5.41, 5.74) is 0.741. The molecule has 0 aromatic heterocycles. The van der Waals surface area contributed by atoms with Crippen LogP contribution in [0.5, 0.6) is 0 Å². The van der Waals surface area contributed by atoms with Crippen molar-refractivity contribution in [3.63, 3.8) is 0 Å². The van der Waals surface area contributed by atoms with Crippen LogP contribution in [0.15, 0.2) is 46.9 Å². The summed E-state index contributed by atoms with van der Waals surface area (Å²) >= 11 is 3.39. The molecule has 2 aromatic rings. The molecule has 0 aliphatic rings. The lowest BCUT2D eigenvalue weighted by Crippen LogP contribution is -2.36. The molecule has 0 aliphatic carbocycles. The van der Waals surface area contributed by atoms with Crippen LogP contribution in [-0.2, 0) is 12.1 Å². The molecule has 0 spiro atoms. The number of benzene rings is 2. The van der Waals surface area contributed by atoms with Crippen molar-refractivity contribution < 1.29 is 8.78 Å². The maximum atomic E-state index is 13.6. The molecule has 20 heavy (non-hydrogen) atoms. The van der Waals surface area contributed by atoms with Crippen LogP contribution in [0.1, 0.15) is 25.0 Å². The van der Waals surface area contributed by atoms with Gasteiger partial charge in [0.1, 0.15) is 11.6 Å². The summed E-state index contributed by atoms with van der Waals surface area (Å²) in [6.45, 7) is 4.10. The second kappa shape index (κ2) is 6.02. The smallest absolute Gasteiger partial charge is 0.130 e. The van der Waals surface area contributed by atoms with Gasteiger partial charge in [0.05, 0.1) is 0 Å². The van der Waals surface area contributed by atoms with Crippen molar-refractivity contribution in [2.45, 2.75) is 25.9 Å². The van der Waals surface area contributed by atoms with Gasteiger partial charge in [-0.2, -0.15) is 0 Å². The standard InChI is InChI=1S/C16H16BrF2N/c1-16(2,11-6-8-12(17)9-7-11)20-10-13-14(18)4-3-5-15(13)19/h3-9,20H,10H2,1-2H3. The zero-order valence-corrected chi connectivity index (χ0v) is 13.0. The Balaban J connectivity index is 2.15. The van der Waals surface area contributed by atoms with Gasteiger partial charge in [0.15, 0.2) is 0 Å². The third-order valence-electron chi connectivity index (χ3n) is 3.33. The van der Waals surface area contributed by atoms with Crippen LogP contribution in [0.4, 0.5) is 8.78 Å². The Kier molecular flexibility index (Phi) is 4.55. The molecule has 0 fully saturated rings. The van der Waals surface area contributed by atoms with E-state index in [-0.39, 0.29) is 17.6 Å². The van der Waals surface area contributed by atoms with Crippen molar-refractivity contribution in [3.05, 3.63) is 69.7 Å². The summed E-state index contributed by atoms with van der Waals surface area (Å²) in [6, 6.07) is 11.8. The normalized spacial score (nSPS) is 11.7. The monoisotopic (exact) mass is 339 g/mol. The highest BCUT2D eigenvalue weighted by molar-refractivity contribution is 9.10. The maximum Gasteiger partial charge on any atom is 0.130 e. The minimum absolute atomic E-state index is 0.0673. The maximum absolute atomic E-state index is 13.6. The third-order valence-corrected chi connectivity index (χ3v) is 3.86. The third kappa shape index (κ3) is 3.44.